The van der Waals surface area contributed by atoms with Gasteiger partial charge in [-0.05, 0) is 62.8 Å². The minimum Gasteiger partial charge on any atom is -0.381 e. The largest absolute Gasteiger partial charge is 0.381 e. The van der Waals surface area contributed by atoms with Gasteiger partial charge in [-0.3, -0.25) is 0 Å². The lowest BCUT2D eigenvalue weighted by Crippen LogP contribution is -2.42. The zero-order chi connectivity index (χ0) is 12.4. The van der Waals surface area contributed by atoms with E-state index in [4.69, 9.17) is 4.74 Å². The summed E-state index contributed by atoms with van der Waals surface area (Å²) in [6.07, 6.45) is 9.93. The number of ether oxygens (including phenoxy) is 1. The highest BCUT2D eigenvalue weighted by Crippen LogP contribution is 2.55. The molecule has 1 N–H and O–H groups in total. The zero-order valence-corrected chi connectivity index (χ0v) is 11.9. The number of hydrogen-bond acceptors (Lipinski definition) is 2. The van der Waals surface area contributed by atoms with E-state index >= 15 is 0 Å². The van der Waals surface area contributed by atoms with E-state index in [2.05, 4.69) is 12.2 Å². The number of fused-ring (bicyclic) bond motifs is 2. The molecule has 3 rings (SSSR count). The van der Waals surface area contributed by atoms with Crippen LogP contribution in [0.5, 0.6) is 0 Å². The molecule has 0 aliphatic heterocycles. The first kappa shape index (κ1) is 12.9. The topological polar surface area (TPSA) is 21.3 Å². The molecule has 0 heterocycles. The van der Waals surface area contributed by atoms with E-state index in [0.29, 0.717) is 5.41 Å². The molecule has 2 heteroatoms. The molecular weight excluding hydrogens is 222 g/mol. The van der Waals surface area contributed by atoms with E-state index in [9.17, 15) is 0 Å². The van der Waals surface area contributed by atoms with Crippen molar-refractivity contribution in [2.24, 2.45) is 23.2 Å². The smallest absolute Gasteiger partial charge is 0.0537 e. The van der Waals surface area contributed by atoms with Gasteiger partial charge in [0.25, 0.3) is 0 Å². The monoisotopic (exact) mass is 251 g/mol. The summed E-state index contributed by atoms with van der Waals surface area (Å²) >= 11 is 0. The average molecular weight is 251 g/mol. The third-order valence-corrected chi connectivity index (χ3v) is 5.45. The summed E-state index contributed by atoms with van der Waals surface area (Å²) in [7, 11) is 0. The molecule has 2 bridgehead atoms. The molecule has 3 fully saturated rings. The molecule has 0 spiro atoms. The Morgan fingerprint density at radius 3 is 2.72 bits per heavy atom. The fourth-order valence-electron chi connectivity index (χ4n) is 4.23. The standard InChI is InChI=1S/C16H29NO/c1-2-7-17-11-16(12-18-10-13-3-4-13)9-14-5-6-15(16)8-14/h13-15,17H,2-12H2,1H3. The Morgan fingerprint density at radius 2 is 2.11 bits per heavy atom. The number of hydrogen-bond donors (Lipinski definition) is 1. The Kier molecular flexibility index (Phi) is 3.95. The third kappa shape index (κ3) is 2.75. The van der Waals surface area contributed by atoms with Crippen LogP contribution in [-0.4, -0.2) is 26.3 Å². The number of rotatable bonds is 8. The Morgan fingerprint density at radius 1 is 1.22 bits per heavy atom. The molecule has 3 aliphatic carbocycles. The van der Waals surface area contributed by atoms with Gasteiger partial charge in [0.1, 0.15) is 0 Å². The van der Waals surface area contributed by atoms with Crippen LogP contribution in [0.15, 0.2) is 0 Å². The average Bonchev–Trinajstić information content (AvgIpc) is 2.98. The molecule has 3 saturated carbocycles. The summed E-state index contributed by atoms with van der Waals surface area (Å²) in [5, 5.41) is 3.68. The van der Waals surface area contributed by atoms with Gasteiger partial charge < -0.3 is 10.1 Å². The SMILES string of the molecule is CCCNCC1(COCC2CC2)CC2CCC1C2. The highest BCUT2D eigenvalue weighted by Gasteiger charge is 2.50. The Hall–Kier alpha value is -0.0800. The predicted octanol–water partition coefficient (Wildman–Crippen LogP) is 3.22. The maximum absolute atomic E-state index is 6.09. The maximum Gasteiger partial charge on any atom is 0.0537 e. The van der Waals surface area contributed by atoms with Crippen molar-refractivity contribution < 1.29 is 4.74 Å². The lowest BCUT2D eigenvalue weighted by Gasteiger charge is -2.38. The fraction of sp³-hybridized carbons (Fsp3) is 1.00. The van der Waals surface area contributed by atoms with Crippen molar-refractivity contribution in [3.8, 4) is 0 Å². The molecule has 0 amide bonds. The van der Waals surface area contributed by atoms with Gasteiger partial charge in [-0.25, -0.2) is 0 Å². The first-order valence-corrected chi connectivity index (χ1v) is 8.11. The highest BCUT2D eigenvalue weighted by atomic mass is 16.5. The molecule has 0 aromatic heterocycles. The van der Waals surface area contributed by atoms with Crippen LogP contribution in [0.3, 0.4) is 0 Å². The van der Waals surface area contributed by atoms with E-state index in [1.165, 1.54) is 58.0 Å². The van der Waals surface area contributed by atoms with E-state index in [1.54, 1.807) is 0 Å². The van der Waals surface area contributed by atoms with Crippen LogP contribution < -0.4 is 5.32 Å². The maximum atomic E-state index is 6.09. The quantitative estimate of drug-likeness (QED) is 0.669. The van der Waals surface area contributed by atoms with Crippen LogP contribution in [0.2, 0.25) is 0 Å². The second-order valence-corrected chi connectivity index (χ2v) is 7.08. The second-order valence-electron chi connectivity index (χ2n) is 7.08. The molecule has 2 nitrogen and oxygen atoms in total. The van der Waals surface area contributed by atoms with Gasteiger partial charge in [-0.15, -0.1) is 0 Å². The van der Waals surface area contributed by atoms with Gasteiger partial charge >= 0.3 is 0 Å². The fourth-order valence-corrected chi connectivity index (χ4v) is 4.23. The molecule has 0 radical (unpaired) electrons. The van der Waals surface area contributed by atoms with E-state index < -0.39 is 0 Å². The lowest BCUT2D eigenvalue weighted by atomic mass is 9.73. The molecular formula is C16H29NO. The van der Waals surface area contributed by atoms with Crippen LogP contribution in [0, 0.1) is 23.2 Å². The van der Waals surface area contributed by atoms with Crippen molar-refractivity contribution in [3.63, 3.8) is 0 Å². The molecule has 104 valence electrons. The molecule has 3 atom stereocenters. The third-order valence-electron chi connectivity index (χ3n) is 5.45. The Balaban J connectivity index is 1.52. The van der Waals surface area contributed by atoms with Crippen molar-refractivity contribution in [3.05, 3.63) is 0 Å². The van der Waals surface area contributed by atoms with Gasteiger partial charge in [0, 0.05) is 18.6 Å². The molecule has 3 aliphatic rings. The lowest BCUT2D eigenvalue weighted by molar-refractivity contribution is 0.00467. The summed E-state index contributed by atoms with van der Waals surface area (Å²) in [5.41, 5.74) is 0.493. The Bertz CT molecular complexity index is 276. The van der Waals surface area contributed by atoms with Crippen LogP contribution in [-0.2, 0) is 4.74 Å². The Labute approximate surface area is 112 Å². The molecule has 0 saturated heterocycles. The van der Waals surface area contributed by atoms with Gasteiger partial charge in [0.2, 0.25) is 0 Å². The van der Waals surface area contributed by atoms with E-state index in [0.717, 1.165) is 31.0 Å². The zero-order valence-electron chi connectivity index (χ0n) is 11.9. The second kappa shape index (κ2) is 5.50. The van der Waals surface area contributed by atoms with Crippen LogP contribution in [0.25, 0.3) is 0 Å². The summed E-state index contributed by atoms with van der Waals surface area (Å²) in [4.78, 5) is 0. The first-order valence-electron chi connectivity index (χ1n) is 8.11. The van der Waals surface area contributed by atoms with Crippen molar-refractivity contribution in [2.75, 3.05) is 26.3 Å². The summed E-state index contributed by atoms with van der Waals surface area (Å²) in [6.45, 7) is 6.69. The van der Waals surface area contributed by atoms with E-state index in [-0.39, 0.29) is 0 Å². The minimum atomic E-state index is 0.493. The van der Waals surface area contributed by atoms with Gasteiger partial charge in [0.15, 0.2) is 0 Å². The molecule has 0 aromatic rings. The summed E-state index contributed by atoms with van der Waals surface area (Å²) in [6, 6.07) is 0. The van der Waals surface area contributed by atoms with Crippen molar-refractivity contribution in [2.45, 2.75) is 51.9 Å². The van der Waals surface area contributed by atoms with E-state index in [1.807, 2.05) is 0 Å². The predicted molar refractivity (Wildman–Crippen MR) is 74.6 cm³/mol. The summed E-state index contributed by atoms with van der Waals surface area (Å²) < 4.78 is 6.09. The molecule has 18 heavy (non-hydrogen) atoms. The molecule has 3 unspecified atom stereocenters. The summed E-state index contributed by atoms with van der Waals surface area (Å²) in [5.74, 6) is 2.87. The van der Waals surface area contributed by atoms with Crippen molar-refractivity contribution in [1.82, 2.24) is 5.32 Å². The van der Waals surface area contributed by atoms with Gasteiger partial charge in [-0.2, -0.15) is 0 Å². The van der Waals surface area contributed by atoms with Crippen LogP contribution in [0.4, 0.5) is 0 Å². The normalized spacial score (nSPS) is 38.5. The van der Waals surface area contributed by atoms with Gasteiger partial charge in [0.05, 0.1) is 6.61 Å². The highest BCUT2D eigenvalue weighted by molar-refractivity contribution is 5.01. The van der Waals surface area contributed by atoms with Crippen molar-refractivity contribution >= 4 is 0 Å². The van der Waals surface area contributed by atoms with Crippen molar-refractivity contribution in [1.29, 1.82) is 0 Å². The van der Waals surface area contributed by atoms with Crippen LogP contribution in [0.1, 0.15) is 51.9 Å². The van der Waals surface area contributed by atoms with Gasteiger partial charge in [-0.1, -0.05) is 13.3 Å². The minimum absolute atomic E-state index is 0.493. The number of nitrogens with one attached hydrogen (secondary N) is 1. The molecule has 0 aromatic carbocycles. The first-order chi connectivity index (χ1) is 8.82. The van der Waals surface area contributed by atoms with Crippen LogP contribution >= 0.6 is 0 Å².